The molecule has 0 aliphatic heterocycles. The van der Waals surface area contributed by atoms with Gasteiger partial charge in [-0.15, -0.1) is 0 Å². The quantitative estimate of drug-likeness (QED) is 0.811. The molecule has 17 heavy (non-hydrogen) atoms. The second-order valence-corrected chi connectivity index (χ2v) is 5.59. The summed E-state index contributed by atoms with van der Waals surface area (Å²) in [6.45, 7) is 10.1. The molecule has 0 aliphatic rings. The van der Waals surface area contributed by atoms with Gasteiger partial charge in [0, 0.05) is 17.5 Å². The lowest BCUT2D eigenvalue weighted by Gasteiger charge is -2.18. The molecular formula is C15H23NO. The maximum absolute atomic E-state index is 12.1. The Morgan fingerprint density at radius 2 is 1.76 bits per heavy atom. The number of rotatable bonds is 4. The predicted molar refractivity (Wildman–Crippen MR) is 72.5 cm³/mol. The van der Waals surface area contributed by atoms with Gasteiger partial charge in [-0.3, -0.25) is 4.79 Å². The van der Waals surface area contributed by atoms with E-state index in [2.05, 4.69) is 13.8 Å². The van der Waals surface area contributed by atoms with E-state index in [0.29, 0.717) is 6.42 Å². The van der Waals surface area contributed by atoms with Crippen LogP contribution in [0.5, 0.6) is 0 Å². The number of benzene rings is 1. The van der Waals surface area contributed by atoms with Gasteiger partial charge in [-0.25, -0.2) is 0 Å². The minimum Gasteiger partial charge on any atom is -0.326 e. The Kier molecular flexibility index (Phi) is 4.10. The summed E-state index contributed by atoms with van der Waals surface area (Å²) in [4.78, 5) is 12.1. The molecule has 2 nitrogen and oxygen atoms in total. The van der Waals surface area contributed by atoms with Crippen LogP contribution in [0.1, 0.15) is 53.7 Å². The molecule has 0 heterocycles. The number of nitrogens with two attached hydrogens (primary N) is 1. The van der Waals surface area contributed by atoms with E-state index in [-0.39, 0.29) is 11.3 Å². The molecule has 0 unspecified atom stereocenters. The van der Waals surface area contributed by atoms with Crippen LogP contribution in [-0.2, 0) is 0 Å². The van der Waals surface area contributed by atoms with Crippen molar-refractivity contribution < 1.29 is 4.79 Å². The number of carbonyl (C=O) groups is 1. The fourth-order valence-corrected chi connectivity index (χ4v) is 1.83. The average molecular weight is 233 g/mol. The molecule has 1 aromatic rings. The summed E-state index contributed by atoms with van der Waals surface area (Å²) in [6, 6.07) is 3.95. The Morgan fingerprint density at radius 3 is 2.29 bits per heavy atom. The van der Waals surface area contributed by atoms with Crippen LogP contribution < -0.4 is 5.73 Å². The standard InChI is InChI=1S/C15H23NO/c1-10-6-7-13(12(3)11(10)2)14(17)8-9-15(4,5)16/h6-7H,8-9,16H2,1-5H3. The van der Waals surface area contributed by atoms with E-state index in [4.69, 9.17) is 5.73 Å². The predicted octanol–water partition coefficient (Wildman–Crippen LogP) is 3.31. The van der Waals surface area contributed by atoms with Gasteiger partial charge in [-0.1, -0.05) is 12.1 Å². The SMILES string of the molecule is Cc1ccc(C(=O)CCC(C)(C)N)c(C)c1C. The Morgan fingerprint density at radius 1 is 1.18 bits per heavy atom. The van der Waals surface area contributed by atoms with Crippen LogP contribution in [0.15, 0.2) is 12.1 Å². The average Bonchev–Trinajstić information content (AvgIpc) is 2.22. The first-order valence-electron chi connectivity index (χ1n) is 6.11. The summed E-state index contributed by atoms with van der Waals surface area (Å²) in [7, 11) is 0. The molecule has 2 N–H and O–H groups in total. The number of ketones is 1. The normalized spacial score (nSPS) is 11.6. The number of carbonyl (C=O) groups excluding carboxylic acids is 1. The van der Waals surface area contributed by atoms with Gasteiger partial charge in [-0.2, -0.15) is 0 Å². The molecule has 0 saturated heterocycles. The third-order valence-electron chi connectivity index (χ3n) is 3.35. The molecule has 0 atom stereocenters. The number of Topliss-reactive ketones (excluding diaryl/α,β-unsaturated/α-hetero) is 1. The molecule has 0 spiro atoms. The largest absolute Gasteiger partial charge is 0.326 e. The second kappa shape index (κ2) is 5.01. The Hall–Kier alpha value is -1.15. The molecule has 2 heteroatoms. The number of hydrogen-bond donors (Lipinski definition) is 1. The second-order valence-electron chi connectivity index (χ2n) is 5.59. The summed E-state index contributed by atoms with van der Waals surface area (Å²) in [5, 5.41) is 0. The zero-order chi connectivity index (χ0) is 13.2. The van der Waals surface area contributed by atoms with Crippen LogP contribution >= 0.6 is 0 Å². The zero-order valence-electron chi connectivity index (χ0n) is 11.6. The molecule has 0 saturated carbocycles. The topological polar surface area (TPSA) is 43.1 Å². The van der Waals surface area contributed by atoms with Gasteiger partial charge >= 0.3 is 0 Å². The van der Waals surface area contributed by atoms with E-state index >= 15 is 0 Å². The maximum Gasteiger partial charge on any atom is 0.163 e. The summed E-state index contributed by atoms with van der Waals surface area (Å²) >= 11 is 0. The first-order chi connectivity index (χ1) is 7.72. The highest BCUT2D eigenvalue weighted by molar-refractivity contribution is 5.97. The van der Waals surface area contributed by atoms with Crippen molar-refractivity contribution in [3.8, 4) is 0 Å². The monoisotopic (exact) mass is 233 g/mol. The van der Waals surface area contributed by atoms with Crippen molar-refractivity contribution in [3.63, 3.8) is 0 Å². The van der Waals surface area contributed by atoms with Crippen molar-refractivity contribution in [3.05, 3.63) is 34.4 Å². The number of aryl methyl sites for hydroxylation is 1. The van der Waals surface area contributed by atoms with Crippen molar-refractivity contribution in [1.29, 1.82) is 0 Å². The van der Waals surface area contributed by atoms with Gasteiger partial charge in [0.25, 0.3) is 0 Å². The molecule has 0 bridgehead atoms. The van der Waals surface area contributed by atoms with Crippen LogP contribution in [0.4, 0.5) is 0 Å². The lowest BCUT2D eigenvalue weighted by Crippen LogP contribution is -2.32. The fourth-order valence-electron chi connectivity index (χ4n) is 1.83. The van der Waals surface area contributed by atoms with Gasteiger partial charge < -0.3 is 5.73 Å². The van der Waals surface area contributed by atoms with Crippen LogP contribution in [0.2, 0.25) is 0 Å². The van der Waals surface area contributed by atoms with E-state index in [1.165, 1.54) is 11.1 Å². The van der Waals surface area contributed by atoms with Crippen LogP contribution in [0, 0.1) is 20.8 Å². The smallest absolute Gasteiger partial charge is 0.163 e. The highest BCUT2D eigenvalue weighted by Gasteiger charge is 2.16. The van der Waals surface area contributed by atoms with Crippen molar-refractivity contribution in [2.75, 3.05) is 0 Å². The van der Waals surface area contributed by atoms with E-state index in [1.54, 1.807) is 0 Å². The minimum atomic E-state index is -0.274. The van der Waals surface area contributed by atoms with Crippen molar-refractivity contribution in [2.24, 2.45) is 5.73 Å². The minimum absolute atomic E-state index is 0.198. The molecule has 0 radical (unpaired) electrons. The Balaban J connectivity index is 2.87. The molecule has 0 fully saturated rings. The summed E-state index contributed by atoms with van der Waals surface area (Å²) in [5.74, 6) is 0.198. The van der Waals surface area contributed by atoms with Gasteiger partial charge in [0.15, 0.2) is 5.78 Å². The third-order valence-corrected chi connectivity index (χ3v) is 3.35. The Labute approximate surface area is 104 Å². The summed E-state index contributed by atoms with van der Waals surface area (Å²) in [5.41, 5.74) is 10.0. The van der Waals surface area contributed by atoms with Crippen LogP contribution in [0.25, 0.3) is 0 Å². The van der Waals surface area contributed by atoms with E-state index in [0.717, 1.165) is 17.5 Å². The first-order valence-corrected chi connectivity index (χ1v) is 6.11. The van der Waals surface area contributed by atoms with E-state index < -0.39 is 0 Å². The summed E-state index contributed by atoms with van der Waals surface area (Å²) in [6.07, 6.45) is 1.24. The van der Waals surface area contributed by atoms with Crippen LogP contribution in [0.3, 0.4) is 0 Å². The van der Waals surface area contributed by atoms with Gasteiger partial charge in [0.2, 0.25) is 0 Å². The molecule has 0 aromatic heterocycles. The van der Waals surface area contributed by atoms with Crippen LogP contribution in [-0.4, -0.2) is 11.3 Å². The number of hydrogen-bond acceptors (Lipinski definition) is 2. The van der Waals surface area contributed by atoms with Gasteiger partial charge in [0.1, 0.15) is 0 Å². The van der Waals surface area contributed by atoms with Gasteiger partial charge in [0.05, 0.1) is 0 Å². The molecule has 0 amide bonds. The van der Waals surface area contributed by atoms with E-state index in [9.17, 15) is 4.79 Å². The fraction of sp³-hybridized carbons (Fsp3) is 0.533. The summed E-state index contributed by atoms with van der Waals surface area (Å²) < 4.78 is 0. The molecule has 1 aromatic carbocycles. The molecule has 1 rings (SSSR count). The molecule has 94 valence electrons. The first kappa shape index (κ1) is 13.9. The molecule has 0 aliphatic carbocycles. The highest BCUT2D eigenvalue weighted by Crippen LogP contribution is 2.20. The maximum atomic E-state index is 12.1. The van der Waals surface area contributed by atoms with Crippen molar-refractivity contribution in [1.82, 2.24) is 0 Å². The van der Waals surface area contributed by atoms with Gasteiger partial charge in [-0.05, 0) is 57.7 Å². The zero-order valence-corrected chi connectivity index (χ0v) is 11.6. The van der Waals surface area contributed by atoms with E-state index in [1.807, 2.05) is 32.9 Å². The Bertz CT molecular complexity index is 427. The lowest BCUT2D eigenvalue weighted by atomic mass is 9.91. The lowest BCUT2D eigenvalue weighted by molar-refractivity contribution is 0.0972. The highest BCUT2D eigenvalue weighted by atomic mass is 16.1. The van der Waals surface area contributed by atoms with Crippen molar-refractivity contribution in [2.45, 2.75) is 53.0 Å². The molecular weight excluding hydrogens is 210 g/mol. The van der Waals surface area contributed by atoms with Crippen molar-refractivity contribution >= 4 is 5.78 Å². The third kappa shape index (κ3) is 3.67.